The molecule has 0 aromatic rings. The van der Waals surface area contributed by atoms with Gasteiger partial charge in [-0.15, -0.1) is 0 Å². The number of hydrogen-bond donors (Lipinski definition) is 2. The van der Waals surface area contributed by atoms with Crippen molar-refractivity contribution in [3.63, 3.8) is 0 Å². The van der Waals surface area contributed by atoms with Crippen LogP contribution < -0.4 is 5.32 Å². The van der Waals surface area contributed by atoms with Crippen LogP contribution in [0.1, 0.15) is 46.0 Å². The lowest BCUT2D eigenvalue weighted by atomic mass is 9.74. The Hall–Kier alpha value is -0.0800. The molecule has 0 bridgehead atoms. The Labute approximate surface area is 93.5 Å². The second-order valence-electron chi connectivity index (χ2n) is 5.93. The highest BCUT2D eigenvalue weighted by Gasteiger charge is 2.30. The van der Waals surface area contributed by atoms with Gasteiger partial charge in [-0.1, -0.05) is 13.8 Å². The number of rotatable bonds is 4. The summed E-state index contributed by atoms with van der Waals surface area (Å²) in [5.74, 6) is 2.14. The molecule has 2 rings (SSSR count). The molecule has 0 spiro atoms. The molecular formula is C13H25NO. The SMILES string of the molecule is CC1CC(C)CC(C(O)CNC2CC2)C1. The zero-order valence-electron chi connectivity index (χ0n) is 10.1. The minimum atomic E-state index is -0.115. The van der Waals surface area contributed by atoms with Crippen molar-refractivity contribution in [3.8, 4) is 0 Å². The molecule has 3 unspecified atom stereocenters. The first-order valence-corrected chi connectivity index (χ1v) is 6.56. The van der Waals surface area contributed by atoms with Crippen LogP contribution in [0.25, 0.3) is 0 Å². The van der Waals surface area contributed by atoms with Crippen LogP contribution in [0.2, 0.25) is 0 Å². The van der Waals surface area contributed by atoms with Gasteiger partial charge in [0.05, 0.1) is 6.10 Å². The van der Waals surface area contributed by atoms with Gasteiger partial charge in [-0.25, -0.2) is 0 Å². The van der Waals surface area contributed by atoms with E-state index in [9.17, 15) is 5.11 Å². The van der Waals surface area contributed by atoms with E-state index in [4.69, 9.17) is 0 Å². The second-order valence-corrected chi connectivity index (χ2v) is 5.93. The Morgan fingerprint density at radius 1 is 1.13 bits per heavy atom. The molecule has 0 aromatic carbocycles. The first kappa shape index (κ1) is 11.4. The van der Waals surface area contributed by atoms with Crippen molar-refractivity contribution in [1.82, 2.24) is 5.32 Å². The van der Waals surface area contributed by atoms with Crippen molar-refractivity contribution in [3.05, 3.63) is 0 Å². The molecule has 0 aliphatic heterocycles. The van der Waals surface area contributed by atoms with Gasteiger partial charge >= 0.3 is 0 Å². The largest absolute Gasteiger partial charge is 0.392 e. The van der Waals surface area contributed by atoms with E-state index in [1.54, 1.807) is 0 Å². The van der Waals surface area contributed by atoms with Crippen LogP contribution in [-0.4, -0.2) is 23.8 Å². The minimum absolute atomic E-state index is 0.115. The maximum atomic E-state index is 10.1. The number of hydrogen-bond acceptors (Lipinski definition) is 2. The van der Waals surface area contributed by atoms with E-state index in [1.807, 2.05) is 0 Å². The summed E-state index contributed by atoms with van der Waals surface area (Å²) in [7, 11) is 0. The first-order valence-electron chi connectivity index (χ1n) is 6.56. The Balaban J connectivity index is 1.74. The maximum Gasteiger partial charge on any atom is 0.0693 e. The summed E-state index contributed by atoms with van der Waals surface area (Å²) in [5.41, 5.74) is 0. The van der Waals surface area contributed by atoms with Gasteiger partial charge in [0, 0.05) is 12.6 Å². The molecule has 2 saturated carbocycles. The van der Waals surface area contributed by atoms with Crippen LogP contribution in [0.4, 0.5) is 0 Å². The van der Waals surface area contributed by atoms with Gasteiger partial charge in [-0.05, 0) is 49.9 Å². The summed E-state index contributed by atoms with van der Waals surface area (Å²) in [4.78, 5) is 0. The topological polar surface area (TPSA) is 32.3 Å². The third-order valence-corrected chi connectivity index (χ3v) is 3.95. The van der Waals surface area contributed by atoms with Gasteiger partial charge in [0.25, 0.3) is 0 Å². The van der Waals surface area contributed by atoms with Crippen molar-refractivity contribution in [2.75, 3.05) is 6.54 Å². The summed E-state index contributed by atoms with van der Waals surface area (Å²) in [6.07, 6.45) is 6.29. The second kappa shape index (κ2) is 4.84. The standard InChI is InChI=1S/C13H25NO/c1-9-5-10(2)7-11(6-9)13(15)8-14-12-3-4-12/h9-15H,3-8H2,1-2H3. The van der Waals surface area contributed by atoms with E-state index in [2.05, 4.69) is 19.2 Å². The Morgan fingerprint density at radius 3 is 2.27 bits per heavy atom. The fourth-order valence-corrected chi connectivity index (χ4v) is 3.06. The van der Waals surface area contributed by atoms with Gasteiger partial charge < -0.3 is 10.4 Å². The zero-order chi connectivity index (χ0) is 10.8. The molecule has 2 aliphatic carbocycles. The molecule has 0 radical (unpaired) electrons. The number of nitrogens with one attached hydrogen (secondary N) is 1. The van der Waals surface area contributed by atoms with E-state index >= 15 is 0 Å². The predicted molar refractivity (Wildman–Crippen MR) is 62.7 cm³/mol. The number of aliphatic hydroxyl groups excluding tert-OH is 1. The molecule has 2 fully saturated rings. The Bertz CT molecular complexity index is 193. The normalized spacial score (nSPS) is 39.0. The highest BCUT2D eigenvalue weighted by Crippen LogP contribution is 2.34. The molecule has 88 valence electrons. The molecule has 3 atom stereocenters. The van der Waals surface area contributed by atoms with E-state index in [0.29, 0.717) is 5.92 Å². The van der Waals surface area contributed by atoms with Crippen molar-refractivity contribution >= 4 is 0 Å². The lowest BCUT2D eigenvalue weighted by Gasteiger charge is -2.34. The van der Waals surface area contributed by atoms with Crippen molar-refractivity contribution < 1.29 is 5.11 Å². The Morgan fingerprint density at radius 2 is 1.73 bits per heavy atom. The summed E-state index contributed by atoms with van der Waals surface area (Å²) >= 11 is 0. The summed E-state index contributed by atoms with van der Waals surface area (Å²) in [6.45, 7) is 5.46. The molecule has 2 N–H and O–H groups in total. The molecule has 2 heteroatoms. The van der Waals surface area contributed by atoms with Gasteiger partial charge in [0.1, 0.15) is 0 Å². The van der Waals surface area contributed by atoms with Gasteiger partial charge in [0.2, 0.25) is 0 Å². The molecule has 2 nitrogen and oxygen atoms in total. The Kier molecular flexibility index (Phi) is 3.68. The lowest BCUT2D eigenvalue weighted by Crippen LogP contribution is -2.37. The average Bonchev–Trinajstić information content (AvgIpc) is 2.96. The van der Waals surface area contributed by atoms with Gasteiger partial charge in [0.15, 0.2) is 0 Å². The van der Waals surface area contributed by atoms with E-state index < -0.39 is 0 Å². The summed E-state index contributed by atoms with van der Waals surface area (Å²) < 4.78 is 0. The molecular weight excluding hydrogens is 186 g/mol. The molecule has 0 aromatic heterocycles. The van der Waals surface area contributed by atoms with Crippen LogP contribution in [0.3, 0.4) is 0 Å². The minimum Gasteiger partial charge on any atom is -0.392 e. The third kappa shape index (κ3) is 3.46. The first-order chi connectivity index (χ1) is 7.15. The van der Waals surface area contributed by atoms with Crippen LogP contribution in [-0.2, 0) is 0 Å². The van der Waals surface area contributed by atoms with Crippen LogP contribution in [0, 0.1) is 17.8 Å². The summed E-state index contributed by atoms with van der Waals surface area (Å²) in [6, 6.07) is 0.720. The number of aliphatic hydroxyl groups is 1. The van der Waals surface area contributed by atoms with Crippen LogP contribution in [0.5, 0.6) is 0 Å². The highest BCUT2D eigenvalue weighted by atomic mass is 16.3. The van der Waals surface area contributed by atoms with E-state index in [-0.39, 0.29) is 6.10 Å². The van der Waals surface area contributed by atoms with E-state index in [1.165, 1.54) is 32.1 Å². The smallest absolute Gasteiger partial charge is 0.0693 e. The van der Waals surface area contributed by atoms with Crippen LogP contribution >= 0.6 is 0 Å². The third-order valence-electron chi connectivity index (χ3n) is 3.95. The monoisotopic (exact) mass is 211 g/mol. The fraction of sp³-hybridized carbons (Fsp3) is 1.00. The quantitative estimate of drug-likeness (QED) is 0.747. The zero-order valence-corrected chi connectivity index (χ0v) is 10.1. The van der Waals surface area contributed by atoms with Crippen molar-refractivity contribution in [1.29, 1.82) is 0 Å². The highest BCUT2D eigenvalue weighted by molar-refractivity contribution is 4.85. The fourth-order valence-electron chi connectivity index (χ4n) is 3.06. The summed E-state index contributed by atoms with van der Waals surface area (Å²) in [5, 5.41) is 13.6. The molecule has 2 aliphatic rings. The van der Waals surface area contributed by atoms with Gasteiger partial charge in [-0.2, -0.15) is 0 Å². The lowest BCUT2D eigenvalue weighted by molar-refractivity contribution is 0.0555. The van der Waals surface area contributed by atoms with Gasteiger partial charge in [-0.3, -0.25) is 0 Å². The van der Waals surface area contributed by atoms with E-state index in [0.717, 1.165) is 24.4 Å². The predicted octanol–water partition coefficient (Wildman–Crippen LogP) is 2.17. The molecule has 0 heterocycles. The van der Waals surface area contributed by atoms with Crippen molar-refractivity contribution in [2.45, 2.75) is 58.1 Å². The van der Waals surface area contributed by atoms with Crippen LogP contribution in [0.15, 0.2) is 0 Å². The average molecular weight is 211 g/mol. The molecule has 0 saturated heterocycles. The molecule has 15 heavy (non-hydrogen) atoms. The molecule has 0 amide bonds. The van der Waals surface area contributed by atoms with Crippen molar-refractivity contribution in [2.24, 2.45) is 17.8 Å². The maximum absolute atomic E-state index is 10.1.